The lowest BCUT2D eigenvalue weighted by atomic mass is 10.1. The number of nitrogens with one attached hydrogen (secondary N) is 2. The van der Waals surface area contributed by atoms with Crippen LogP contribution >= 0.6 is 11.6 Å². The van der Waals surface area contributed by atoms with E-state index in [0.717, 1.165) is 28.1 Å². The van der Waals surface area contributed by atoms with Gasteiger partial charge in [0.1, 0.15) is 12.4 Å². The molecule has 8 heteroatoms. The lowest BCUT2D eigenvalue weighted by Crippen LogP contribution is -2.41. The predicted octanol–water partition coefficient (Wildman–Crippen LogP) is 6.69. The average Bonchev–Trinajstić information content (AvgIpc) is 3.19. The van der Waals surface area contributed by atoms with Gasteiger partial charge < -0.3 is 15.5 Å². The number of carbonyl (C=O) groups is 2. The summed E-state index contributed by atoms with van der Waals surface area (Å²) in [6.45, 7) is 6.19. The molecule has 4 aromatic rings. The molecule has 2 N–H and O–H groups in total. The summed E-state index contributed by atoms with van der Waals surface area (Å²) in [5, 5.41) is 11.2. The van der Waals surface area contributed by atoms with Gasteiger partial charge in [0.25, 0.3) is 0 Å². The standard InChI is InChI=1S/C29H30ClN5O2/c1-4-17-34(29(37)31-24-15-10-14-23(30)18-24)19-26(36)32-28-27(22-12-6-5-7-13-22)21(3)33-35(28)25-16-9-8-11-20(25)2/h5-16,18H,4,17,19H2,1-3H3,(H,31,37)(H,32,36). The molecule has 3 aromatic carbocycles. The Labute approximate surface area is 222 Å². The Morgan fingerprint density at radius 3 is 2.38 bits per heavy atom. The van der Waals surface area contributed by atoms with Gasteiger partial charge in [0.05, 0.1) is 11.4 Å². The normalized spacial score (nSPS) is 10.7. The lowest BCUT2D eigenvalue weighted by molar-refractivity contribution is -0.116. The molecule has 0 saturated carbocycles. The first kappa shape index (κ1) is 26.0. The van der Waals surface area contributed by atoms with Gasteiger partial charge in [-0.25, -0.2) is 9.48 Å². The Morgan fingerprint density at radius 2 is 1.68 bits per heavy atom. The molecule has 0 fully saturated rings. The van der Waals surface area contributed by atoms with Gasteiger partial charge in [-0.05, 0) is 55.7 Å². The number of halogens is 1. The smallest absolute Gasteiger partial charge is 0.315 e. The van der Waals surface area contributed by atoms with Crippen LogP contribution in [0.4, 0.5) is 16.3 Å². The molecule has 1 aromatic heterocycles. The summed E-state index contributed by atoms with van der Waals surface area (Å²) in [5.41, 5.74) is 5.02. The number of carbonyl (C=O) groups excluding carboxylic acids is 2. The third-order valence-electron chi connectivity index (χ3n) is 5.92. The van der Waals surface area contributed by atoms with Crippen molar-refractivity contribution in [3.63, 3.8) is 0 Å². The number of para-hydroxylation sites is 1. The molecule has 190 valence electrons. The topological polar surface area (TPSA) is 79.3 Å². The highest BCUT2D eigenvalue weighted by molar-refractivity contribution is 6.30. The van der Waals surface area contributed by atoms with Crippen LogP contribution in [0.1, 0.15) is 24.6 Å². The van der Waals surface area contributed by atoms with Gasteiger partial charge in [0, 0.05) is 22.8 Å². The quantitative estimate of drug-likeness (QED) is 0.274. The maximum absolute atomic E-state index is 13.4. The Bertz CT molecular complexity index is 1400. The first-order valence-electron chi connectivity index (χ1n) is 12.2. The van der Waals surface area contributed by atoms with Crippen molar-refractivity contribution in [1.29, 1.82) is 0 Å². The molecule has 3 amide bonds. The summed E-state index contributed by atoms with van der Waals surface area (Å²) in [6.07, 6.45) is 0.700. The minimum Gasteiger partial charge on any atom is -0.315 e. The summed E-state index contributed by atoms with van der Waals surface area (Å²) < 4.78 is 1.76. The number of rotatable bonds is 8. The zero-order valence-electron chi connectivity index (χ0n) is 21.2. The molecule has 1 heterocycles. The Balaban J connectivity index is 1.63. The Morgan fingerprint density at radius 1 is 0.946 bits per heavy atom. The van der Waals surface area contributed by atoms with Crippen molar-refractivity contribution < 1.29 is 9.59 Å². The van der Waals surface area contributed by atoms with Crippen LogP contribution in [0.25, 0.3) is 16.8 Å². The summed E-state index contributed by atoms with van der Waals surface area (Å²) in [4.78, 5) is 27.9. The molecule has 0 aliphatic heterocycles. The highest BCUT2D eigenvalue weighted by Gasteiger charge is 2.23. The number of hydrogen-bond donors (Lipinski definition) is 2. The van der Waals surface area contributed by atoms with Crippen LogP contribution in [0.5, 0.6) is 0 Å². The van der Waals surface area contributed by atoms with Crippen LogP contribution in [0, 0.1) is 13.8 Å². The van der Waals surface area contributed by atoms with Crippen LogP contribution in [-0.4, -0.2) is 39.7 Å². The highest BCUT2D eigenvalue weighted by atomic mass is 35.5. The number of nitrogens with zero attached hydrogens (tertiary/aromatic N) is 3. The van der Waals surface area contributed by atoms with Gasteiger partial charge in [-0.1, -0.05) is 73.1 Å². The number of amides is 3. The molecule has 4 rings (SSSR count). The van der Waals surface area contributed by atoms with E-state index in [4.69, 9.17) is 16.7 Å². The average molecular weight is 516 g/mol. The Hall–Kier alpha value is -4.10. The minimum atomic E-state index is -0.369. The molecule has 0 radical (unpaired) electrons. The maximum atomic E-state index is 13.4. The second-order valence-corrected chi connectivity index (χ2v) is 9.22. The molecule has 0 spiro atoms. The number of aryl methyl sites for hydroxylation is 2. The van der Waals surface area contributed by atoms with Crippen LogP contribution in [0.2, 0.25) is 5.02 Å². The second-order valence-electron chi connectivity index (χ2n) is 8.78. The third kappa shape index (κ3) is 6.19. The fourth-order valence-electron chi connectivity index (χ4n) is 4.20. The number of anilines is 2. The molecule has 37 heavy (non-hydrogen) atoms. The van der Waals surface area contributed by atoms with E-state index in [-0.39, 0.29) is 18.5 Å². The summed E-state index contributed by atoms with van der Waals surface area (Å²) in [7, 11) is 0. The van der Waals surface area contributed by atoms with Crippen molar-refractivity contribution in [1.82, 2.24) is 14.7 Å². The maximum Gasteiger partial charge on any atom is 0.322 e. The van der Waals surface area contributed by atoms with Crippen LogP contribution in [-0.2, 0) is 4.79 Å². The van der Waals surface area contributed by atoms with E-state index in [0.29, 0.717) is 29.5 Å². The van der Waals surface area contributed by atoms with E-state index in [1.807, 2.05) is 75.4 Å². The van der Waals surface area contributed by atoms with Crippen molar-refractivity contribution in [2.45, 2.75) is 27.2 Å². The molecule has 0 unspecified atom stereocenters. The minimum absolute atomic E-state index is 0.119. The van der Waals surface area contributed by atoms with Gasteiger partial charge in [0.15, 0.2) is 0 Å². The van der Waals surface area contributed by atoms with E-state index < -0.39 is 0 Å². The molecular formula is C29H30ClN5O2. The van der Waals surface area contributed by atoms with Crippen LogP contribution < -0.4 is 10.6 Å². The monoisotopic (exact) mass is 515 g/mol. The molecule has 7 nitrogen and oxygen atoms in total. The molecule has 0 saturated heterocycles. The van der Waals surface area contributed by atoms with Gasteiger partial charge >= 0.3 is 6.03 Å². The van der Waals surface area contributed by atoms with Crippen molar-refractivity contribution in [3.8, 4) is 16.8 Å². The third-order valence-corrected chi connectivity index (χ3v) is 6.15. The zero-order chi connectivity index (χ0) is 26.4. The van der Waals surface area contributed by atoms with Gasteiger partial charge in [-0.2, -0.15) is 5.10 Å². The zero-order valence-corrected chi connectivity index (χ0v) is 21.9. The van der Waals surface area contributed by atoms with E-state index in [1.54, 1.807) is 28.9 Å². The summed E-state index contributed by atoms with van der Waals surface area (Å²) in [6, 6.07) is 24.3. The first-order chi connectivity index (χ1) is 17.9. The molecule has 0 aliphatic carbocycles. The first-order valence-corrected chi connectivity index (χ1v) is 12.6. The lowest BCUT2D eigenvalue weighted by Gasteiger charge is -2.22. The van der Waals surface area contributed by atoms with Gasteiger partial charge in [-0.3, -0.25) is 4.79 Å². The molecular weight excluding hydrogens is 486 g/mol. The molecule has 0 atom stereocenters. The van der Waals surface area contributed by atoms with Crippen molar-refractivity contribution >= 4 is 35.0 Å². The van der Waals surface area contributed by atoms with Crippen molar-refractivity contribution in [3.05, 3.63) is 95.1 Å². The number of urea groups is 1. The number of hydrogen-bond acceptors (Lipinski definition) is 3. The van der Waals surface area contributed by atoms with Crippen molar-refractivity contribution in [2.75, 3.05) is 23.7 Å². The van der Waals surface area contributed by atoms with E-state index in [9.17, 15) is 9.59 Å². The summed E-state index contributed by atoms with van der Waals surface area (Å²) >= 11 is 6.05. The molecule has 0 aliphatic rings. The molecule has 0 bridgehead atoms. The number of aromatic nitrogens is 2. The summed E-state index contributed by atoms with van der Waals surface area (Å²) in [5.74, 6) is 0.247. The fraction of sp³-hybridized carbons (Fsp3) is 0.207. The van der Waals surface area contributed by atoms with Crippen LogP contribution in [0.3, 0.4) is 0 Å². The highest BCUT2D eigenvalue weighted by Crippen LogP contribution is 2.34. The van der Waals surface area contributed by atoms with E-state index in [1.165, 1.54) is 4.90 Å². The fourth-order valence-corrected chi connectivity index (χ4v) is 4.39. The largest absolute Gasteiger partial charge is 0.322 e. The van der Waals surface area contributed by atoms with Gasteiger partial charge in [0.2, 0.25) is 5.91 Å². The van der Waals surface area contributed by atoms with E-state index in [2.05, 4.69) is 10.6 Å². The predicted molar refractivity (Wildman–Crippen MR) is 149 cm³/mol. The second kappa shape index (κ2) is 11.8. The van der Waals surface area contributed by atoms with Crippen molar-refractivity contribution in [2.24, 2.45) is 0 Å². The van der Waals surface area contributed by atoms with Gasteiger partial charge in [-0.15, -0.1) is 0 Å². The number of benzene rings is 3. The van der Waals surface area contributed by atoms with E-state index >= 15 is 0 Å². The van der Waals surface area contributed by atoms with Crippen LogP contribution in [0.15, 0.2) is 78.9 Å². The Kier molecular flexibility index (Phi) is 8.25. The SMILES string of the molecule is CCCN(CC(=O)Nc1c(-c2ccccc2)c(C)nn1-c1ccccc1C)C(=O)Nc1cccc(Cl)c1.